The quantitative estimate of drug-likeness (QED) is 0.946. The van der Waals surface area contributed by atoms with Gasteiger partial charge in [-0.2, -0.15) is 0 Å². The lowest BCUT2D eigenvalue weighted by molar-refractivity contribution is 0.457. The SMILES string of the molecule is Cc1cc(Oc2cncc(CN)n2)cc(C)c1Br. The summed E-state index contributed by atoms with van der Waals surface area (Å²) in [5.41, 5.74) is 8.46. The minimum absolute atomic E-state index is 0.350. The van der Waals surface area contributed by atoms with Crippen molar-refractivity contribution < 1.29 is 4.74 Å². The lowest BCUT2D eigenvalue weighted by atomic mass is 10.1. The zero-order chi connectivity index (χ0) is 13.1. The average molecular weight is 308 g/mol. The third-order valence-electron chi connectivity index (χ3n) is 2.50. The van der Waals surface area contributed by atoms with Crippen molar-refractivity contribution in [3.63, 3.8) is 0 Å². The molecule has 0 spiro atoms. The highest BCUT2D eigenvalue weighted by Gasteiger charge is 2.05. The molecular weight excluding hydrogens is 294 g/mol. The monoisotopic (exact) mass is 307 g/mol. The molecule has 2 aromatic rings. The van der Waals surface area contributed by atoms with Crippen molar-refractivity contribution in [2.75, 3.05) is 0 Å². The molecule has 1 heterocycles. The number of nitrogens with two attached hydrogens (primary N) is 1. The highest BCUT2D eigenvalue weighted by molar-refractivity contribution is 9.10. The lowest BCUT2D eigenvalue weighted by Crippen LogP contribution is -2.01. The first-order chi connectivity index (χ1) is 8.60. The molecule has 0 radical (unpaired) electrons. The number of benzene rings is 1. The fraction of sp³-hybridized carbons (Fsp3) is 0.231. The Morgan fingerprint density at radius 2 is 1.89 bits per heavy atom. The van der Waals surface area contributed by atoms with Gasteiger partial charge < -0.3 is 10.5 Å². The second-order valence-electron chi connectivity index (χ2n) is 4.03. The number of rotatable bonds is 3. The second-order valence-corrected chi connectivity index (χ2v) is 4.82. The molecule has 0 saturated heterocycles. The van der Waals surface area contributed by atoms with Crippen molar-refractivity contribution in [3.8, 4) is 11.6 Å². The Hall–Kier alpha value is -1.46. The zero-order valence-electron chi connectivity index (χ0n) is 10.3. The van der Waals surface area contributed by atoms with Crippen LogP contribution in [-0.4, -0.2) is 9.97 Å². The van der Waals surface area contributed by atoms with Gasteiger partial charge in [0.15, 0.2) is 0 Å². The summed E-state index contributed by atoms with van der Waals surface area (Å²) < 4.78 is 6.78. The molecule has 2 rings (SSSR count). The third kappa shape index (κ3) is 2.86. The molecule has 0 bridgehead atoms. The number of aryl methyl sites for hydroxylation is 2. The Balaban J connectivity index is 2.28. The first-order valence-electron chi connectivity index (χ1n) is 5.55. The van der Waals surface area contributed by atoms with Gasteiger partial charge in [0.25, 0.3) is 0 Å². The minimum Gasteiger partial charge on any atom is -0.437 e. The van der Waals surface area contributed by atoms with Crippen LogP contribution in [0, 0.1) is 13.8 Å². The smallest absolute Gasteiger partial charge is 0.238 e. The molecule has 0 atom stereocenters. The Kier molecular flexibility index (Phi) is 3.93. The van der Waals surface area contributed by atoms with Crippen molar-refractivity contribution in [2.45, 2.75) is 20.4 Å². The molecule has 0 unspecified atom stereocenters. The summed E-state index contributed by atoms with van der Waals surface area (Å²) in [6.45, 7) is 4.39. The average Bonchev–Trinajstić information content (AvgIpc) is 2.36. The van der Waals surface area contributed by atoms with Gasteiger partial charge in [0.1, 0.15) is 5.75 Å². The predicted molar refractivity (Wildman–Crippen MR) is 73.6 cm³/mol. The van der Waals surface area contributed by atoms with Crippen LogP contribution >= 0.6 is 15.9 Å². The fourth-order valence-corrected chi connectivity index (χ4v) is 1.85. The van der Waals surface area contributed by atoms with Crippen LogP contribution in [0.5, 0.6) is 11.6 Å². The standard InChI is InChI=1S/C13H14BrN3O/c1-8-3-11(4-9(2)13(8)14)18-12-7-16-6-10(5-15)17-12/h3-4,6-7H,5,15H2,1-2H3. The Morgan fingerprint density at radius 1 is 1.22 bits per heavy atom. The van der Waals surface area contributed by atoms with Gasteiger partial charge in [-0.25, -0.2) is 4.98 Å². The maximum atomic E-state index is 5.69. The zero-order valence-corrected chi connectivity index (χ0v) is 11.9. The lowest BCUT2D eigenvalue weighted by Gasteiger charge is -2.09. The van der Waals surface area contributed by atoms with E-state index in [0.717, 1.165) is 21.3 Å². The highest BCUT2D eigenvalue weighted by Crippen LogP contribution is 2.28. The Morgan fingerprint density at radius 3 is 2.50 bits per heavy atom. The summed E-state index contributed by atoms with van der Waals surface area (Å²) in [5, 5.41) is 0. The van der Waals surface area contributed by atoms with E-state index < -0.39 is 0 Å². The van der Waals surface area contributed by atoms with E-state index in [9.17, 15) is 0 Å². The summed E-state index contributed by atoms with van der Waals surface area (Å²) in [7, 11) is 0. The van der Waals surface area contributed by atoms with Gasteiger partial charge in [-0.05, 0) is 37.1 Å². The van der Waals surface area contributed by atoms with Gasteiger partial charge in [0.2, 0.25) is 5.88 Å². The van der Waals surface area contributed by atoms with E-state index in [1.165, 1.54) is 0 Å². The van der Waals surface area contributed by atoms with E-state index in [-0.39, 0.29) is 0 Å². The normalized spacial score (nSPS) is 10.4. The van der Waals surface area contributed by atoms with Crippen LogP contribution in [0.15, 0.2) is 29.0 Å². The van der Waals surface area contributed by atoms with E-state index >= 15 is 0 Å². The Labute approximate surface area is 114 Å². The maximum absolute atomic E-state index is 5.69. The van der Waals surface area contributed by atoms with Crippen molar-refractivity contribution in [1.82, 2.24) is 9.97 Å². The molecule has 0 aliphatic carbocycles. The molecule has 1 aromatic heterocycles. The largest absolute Gasteiger partial charge is 0.437 e. The van der Waals surface area contributed by atoms with Crippen molar-refractivity contribution >= 4 is 15.9 Å². The summed E-state index contributed by atoms with van der Waals surface area (Å²) in [6, 6.07) is 3.90. The van der Waals surface area contributed by atoms with Crippen molar-refractivity contribution in [1.29, 1.82) is 0 Å². The van der Waals surface area contributed by atoms with Crippen LogP contribution in [0.3, 0.4) is 0 Å². The number of hydrogen-bond acceptors (Lipinski definition) is 4. The molecular formula is C13H14BrN3O. The van der Waals surface area contributed by atoms with Crippen LogP contribution in [-0.2, 0) is 6.54 Å². The van der Waals surface area contributed by atoms with Gasteiger partial charge >= 0.3 is 0 Å². The molecule has 0 amide bonds. The number of aromatic nitrogens is 2. The summed E-state index contributed by atoms with van der Waals surface area (Å²) in [4.78, 5) is 8.28. The van der Waals surface area contributed by atoms with E-state index in [2.05, 4.69) is 25.9 Å². The first kappa shape index (κ1) is 13.0. The van der Waals surface area contributed by atoms with Crippen LogP contribution in [0.25, 0.3) is 0 Å². The minimum atomic E-state index is 0.350. The Bertz CT molecular complexity index is 549. The topological polar surface area (TPSA) is 61.0 Å². The molecule has 2 N–H and O–H groups in total. The number of hydrogen-bond donors (Lipinski definition) is 1. The maximum Gasteiger partial charge on any atom is 0.238 e. The van der Waals surface area contributed by atoms with Crippen LogP contribution in [0.4, 0.5) is 0 Å². The molecule has 5 heteroatoms. The van der Waals surface area contributed by atoms with E-state index in [0.29, 0.717) is 18.1 Å². The highest BCUT2D eigenvalue weighted by atomic mass is 79.9. The molecule has 0 aliphatic heterocycles. The molecule has 0 aliphatic rings. The van der Waals surface area contributed by atoms with E-state index in [1.54, 1.807) is 12.4 Å². The van der Waals surface area contributed by atoms with Crippen LogP contribution < -0.4 is 10.5 Å². The van der Waals surface area contributed by atoms with Crippen LogP contribution in [0.2, 0.25) is 0 Å². The second kappa shape index (κ2) is 5.46. The van der Waals surface area contributed by atoms with Gasteiger partial charge in [-0.15, -0.1) is 0 Å². The molecule has 4 nitrogen and oxygen atoms in total. The van der Waals surface area contributed by atoms with Gasteiger partial charge in [0, 0.05) is 17.2 Å². The van der Waals surface area contributed by atoms with Crippen molar-refractivity contribution in [3.05, 3.63) is 45.8 Å². The van der Waals surface area contributed by atoms with E-state index in [4.69, 9.17) is 10.5 Å². The molecule has 18 heavy (non-hydrogen) atoms. The van der Waals surface area contributed by atoms with Crippen LogP contribution in [0.1, 0.15) is 16.8 Å². The molecule has 0 saturated carbocycles. The third-order valence-corrected chi connectivity index (χ3v) is 3.75. The fourth-order valence-electron chi connectivity index (χ4n) is 1.62. The summed E-state index contributed by atoms with van der Waals surface area (Å²) in [6.07, 6.45) is 3.21. The molecule has 94 valence electrons. The molecule has 1 aromatic carbocycles. The summed E-state index contributed by atoms with van der Waals surface area (Å²) >= 11 is 3.52. The van der Waals surface area contributed by atoms with Gasteiger partial charge in [-0.3, -0.25) is 4.98 Å². The number of halogens is 1. The van der Waals surface area contributed by atoms with Gasteiger partial charge in [-0.1, -0.05) is 15.9 Å². The predicted octanol–water partition coefficient (Wildman–Crippen LogP) is 3.11. The molecule has 0 fully saturated rings. The van der Waals surface area contributed by atoms with Gasteiger partial charge in [0.05, 0.1) is 11.9 Å². The van der Waals surface area contributed by atoms with Crippen molar-refractivity contribution in [2.24, 2.45) is 5.73 Å². The first-order valence-corrected chi connectivity index (χ1v) is 6.35. The number of ether oxygens (including phenoxy) is 1. The van der Waals surface area contributed by atoms with E-state index in [1.807, 2.05) is 26.0 Å². The number of nitrogens with zero attached hydrogens (tertiary/aromatic N) is 2. The summed E-state index contributed by atoms with van der Waals surface area (Å²) in [5.74, 6) is 1.20.